The highest BCUT2D eigenvalue weighted by Crippen LogP contribution is 1.97. The second-order valence-corrected chi connectivity index (χ2v) is 1.81. The van der Waals surface area contributed by atoms with E-state index in [4.69, 9.17) is 10.8 Å². The Hall–Kier alpha value is -0.340. The molecule has 0 aliphatic rings. The maximum absolute atomic E-state index is 8.53. The summed E-state index contributed by atoms with van der Waals surface area (Å²) in [5, 5.41) is 8.53. The number of hydrogen-bond acceptors (Lipinski definition) is 2. The van der Waals surface area contributed by atoms with Gasteiger partial charge in [0, 0.05) is 6.61 Å². The highest BCUT2D eigenvalue weighted by molar-refractivity contribution is 4.72. The van der Waals surface area contributed by atoms with Crippen LogP contribution in [0.1, 0.15) is 6.42 Å². The van der Waals surface area contributed by atoms with E-state index in [1.165, 1.54) is 0 Å². The molecule has 48 valence electrons. The Morgan fingerprint density at radius 2 is 2.38 bits per heavy atom. The summed E-state index contributed by atoms with van der Waals surface area (Å²) in [5.74, 6) is 0.215. The minimum absolute atomic E-state index is 0.169. The molecular weight excluding hydrogens is 102 g/mol. The van der Waals surface area contributed by atoms with Crippen molar-refractivity contribution in [1.82, 2.24) is 0 Å². The molecule has 0 radical (unpaired) electrons. The molecule has 0 aromatic heterocycles. The van der Waals surface area contributed by atoms with Crippen molar-refractivity contribution in [2.24, 2.45) is 11.7 Å². The van der Waals surface area contributed by atoms with Crippen LogP contribution in [0.4, 0.5) is 0 Å². The van der Waals surface area contributed by atoms with Gasteiger partial charge in [-0.1, -0.05) is 6.08 Å². The van der Waals surface area contributed by atoms with Crippen LogP contribution in [-0.2, 0) is 0 Å². The van der Waals surface area contributed by atoms with Gasteiger partial charge in [-0.2, -0.15) is 0 Å². The molecule has 0 bridgehead atoms. The summed E-state index contributed by atoms with van der Waals surface area (Å²) in [6.45, 7) is 4.24. The predicted octanol–water partition coefficient (Wildman–Crippen LogP) is 0.130. The minimum Gasteiger partial charge on any atom is -0.396 e. The molecule has 0 saturated carbocycles. The van der Waals surface area contributed by atoms with Gasteiger partial charge in [0.25, 0.3) is 0 Å². The van der Waals surface area contributed by atoms with Crippen LogP contribution < -0.4 is 5.73 Å². The molecule has 0 rings (SSSR count). The summed E-state index contributed by atoms with van der Waals surface area (Å²) in [7, 11) is 0. The van der Waals surface area contributed by atoms with Crippen LogP contribution in [0.25, 0.3) is 0 Å². The maximum Gasteiger partial charge on any atom is 0.0474 e. The van der Waals surface area contributed by atoms with Crippen molar-refractivity contribution >= 4 is 0 Å². The summed E-state index contributed by atoms with van der Waals surface area (Å²) < 4.78 is 0. The fourth-order valence-electron chi connectivity index (χ4n) is 0.481. The second kappa shape index (κ2) is 4.81. The van der Waals surface area contributed by atoms with Crippen molar-refractivity contribution < 1.29 is 5.11 Å². The van der Waals surface area contributed by atoms with E-state index in [9.17, 15) is 0 Å². The summed E-state index contributed by atoms with van der Waals surface area (Å²) in [5.41, 5.74) is 5.26. The Kier molecular flexibility index (Phi) is 4.61. The van der Waals surface area contributed by atoms with E-state index in [0.717, 1.165) is 6.42 Å². The van der Waals surface area contributed by atoms with Gasteiger partial charge in [0.2, 0.25) is 0 Å². The molecule has 0 aliphatic heterocycles. The third kappa shape index (κ3) is 2.77. The van der Waals surface area contributed by atoms with E-state index in [2.05, 4.69) is 6.58 Å². The minimum atomic E-state index is 0.169. The Morgan fingerprint density at radius 3 is 2.50 bits per heavy atom. The van der Waals surface area contributed by atoms with Crippen molar-refractivity contribution in [2.45, 2.75) is 6.42 Å². The average Bonchev–Trinajstić information content (AvgIpc) is 1.83. The Labute approximate surface area is 50.0 Å². The Bertz CT molecular complexity index is 59.5. The molecule has 0 saturated heterocycles. The first-order valence-electron chi connectivity index (χ1n) is 2.77. The van der Waals surface area contributed by atoms with Crippen LogP contribution in [0, 0.1) is 5.92 Å². The molecule has 0 fully saturated rings. The highest BCUT2D eigenvalue weighted by atomic mass is 16.3. The zero-order valence-electron chi connectivity index (χ0n) is 5.01. The summed E-state index contributed by atoms with van der Waals surface area (Å²) in [4.78, 5) is 0. The highest BCUT2D eigenvalue weighted by Gasteiger charge is 1.99. The van der Waals surface area contributed by atoms with Gasteiger partial charge in [0.05, 0.1) is 0 Å². The lowest BCUT2D eigenvalue weighted by Gasteiger charge is -2.05. The molecule has 2 heteroatoms. The number of aliphatic hydroxyl groups excluding tert-OH is 1. The van der Waals surface area contributed by atoms with Crippen LogP contribution in [0.5, 0.6) is 0 Å². The average molecular weight is 115 g/mol. The fourth-order valence-corrected chi connectivity index (χ4v) is 0.481. The largest absolute Gasteiger partial charge is 0.396 e. The van der Waals surface area contributed by atoms with Gasteiger partial charge in [-0.15, -0.1) is 6.58 Å². The molecule has 0 aromatic carbocycles. The molecular formula is C6H13NO. The van der Waals surface area contributed by atoms with E-state index < -0.39 is 0 Å². The van der Waals surface area contributed by atoms with Crippen LogP contribution >= 0.6 is 0 Å². The molecule has 1 atom stereocenters. The van der Waals surface area contributed by atoms with Crippen molar-refractivity contribution in [3.8, 4) is 0 Å². The molecule has 0 heterocycles. The van der Waals surface area contributed by atoms with Gasteiger partial charge in [0.15, 0.2) is 0 Å². The third-order valence-electron chi connectivity index (χ3n) is 1.09. The van der Waals surface area contributed by atoms with Crippen molar-refractivity contribution in [2.75, 3.05) is 13.2 Å². The van der Waals surface area contributed by atoms with Crippen LogP contribution in [0.15, 0.2) is 12.7 Å². The van der Waals surface area contributed by atoms with E-state index in [1.54, 1.807) is 6.08 Å². The summed E-state index contributed by atoms with van der Waals surface area (Å²) in [6.07, 6.45) is 2.58. The molecule has 0 unspecified atom stereocenters. The number of allylic oxidation sites excluding steroid dienone is 1. The molecule has 0 spiro atoms. The SMILES string of the molecule is C=CC[C@@H](CN)CO. The lowest BCUT2D eigenvalue weighted by atomic mass is 10.1. The lowest BCUT2D eigenvalue weighted by Crippen LogP contribution is -2.16. The van der Waals surface area contributed by atoms with E-state index in [-0.39, 0.29) is 12.5 Å². The third-order valence-corrected chi connectivity index (χ3v) is 1.09. The van der Waals surface area contributed by atoms with Gasteiger partial charge < -0.3 is 10.8 Å². The van der Waals surface area contributed by atoms with Crippen LogP contribution in [0.3, 0.4) is 0 Å². The standard InChI is InChI=1S/C6H13NO/c1-2-3-6(4-7)5-8/h2,6,8H,1,3-5,7H2/t6-/m0/s1. The van der Waals surface area contributed by atoms with Gasteiger partial charge >= 0.3 is 0 Å². The Balaban J connectivity index is 3.20. The molecule has 3 N–H and O–H groups in total. The topological polar surface area (TPSA) is 46.2 Å². The Morgan fingerprint density at radius 1 is 1.75 bits per heavy atom. The van der Waals surface area contributed by atoms with Crippen molar-refractivity contribution in [3.05, 3.63) is 12.7 Å². The summed E-state index contributed by atoms with van der Waals surface area (Å²) >= 11 is 0. The zero-order chi connectivity index (χ0) is 6.41. The first-order valence-corrected chi connectivity index (χ1v) is 2.77. The quantitative estimate of drug-likeness (QED) is 0.511. The zero-order valence-corrected chi connectivity index (χ0v) is 5.01. The summed E-state index contributed by atoms with van der Waals surface area (Å²) in [6, 6.07) is 0. The van der Waals surface area contributed by atoms with Crippen molar-refractivity contribution in [1.29, 1.82) is 0 Å². The van der Waals surface area contributed by atoms with E-state index >= 15 is 0 Å². The molecule has 0 aromatic rings. The smallest absolute Gasteiger partial charge is 0.0474 e. The van der Waals surface area contributed by atoms with E-state index in [0.29, 0.717) is 6.54 Å². The lowest BCUT2D eigenvalue weighted by molar-refractivity contribution is 0.232. The maximum atomic E-state index is 8.53. The first-order chi connectivity index (χ1) is 3.85. The molecule has 0 amide bonds. The normalized spacial score (nSPS) is 13.2. The van der Waals surface area contributed by atoms with Crippen molar-refractivity contribution in [3.63, 3.8) is 0 Å². The number of nitrogens with two attached hydrogens (primary N) is 1. The predicted molar refractivity (Wildman–Crippen MR) is 34.4 cm³/mol. The van der Waals surface area contributed by atoms with Crippen LogP contribution in [0.2, 0.25) is 0 Å². The number of rotatable bonds is 4. The van der Waals surface area contributed by atoms with Gasteiger partial charge in [-0.25, -0.2) is 0 Å². The molecule has 2 nitrogen and oxygen atoms in total. The molecule has 8 heavy (non-hydrogen) atoms. The first kappa shape index (κ1) is 7.66. The van der Waals surface area contributed by atoms with Gasteiger partial charge in [-0.05, 0) is 18.9 Å². The molecule has 0 aliphatic carbocycles. The van der Waals surface area contributed by atoms with Gasteiger partial charge in [0.1, 0.15) is 0 Å². The van der Waals surface area contributed by atoms with E-state index in [1.807, 2.05) is 0 Å². The fraction of sp³-hybridized carbons (Fsp3) is 0.667. The monoisotopic (exact) mass is 115 g/mol. The van der Waals surface area contributed by atoms with Crippen LogP contribution in [-0.4, -0.2) is 18.3 Å². The second-order valence-electron chi connectivity index (χ2n) is 1.81. The number of hydrogen-bond donors (Lipinski definition) is 2. The number of aliphatic hydroxyl groups is 1. The van der Waals surface area contributed by atoms with Gasteiger partial charge in [-0.3, -0.25) is 0 Å².